The van der Waals surface area contributed by atoms with Gasteiger partial charge in [0.2, 0.25) is 0 Å². The number of thiazole rings is 1. The highest BCUT2D eigenvalue weighted by molar-refractivity contribution is 9.10. The van der Waals surface area contributed by atoms with Crippen LogP contribution in [0, 0.1) is 0 Å². The normalized spacial score (nSPS) is 11.9. The molecule has 1 heterocycles. The third kappa shape index (κ3) is 6.50. The van der Waals surface area contributed by atoms with Gasteiger partial charge in [-0.3, -0.25) is 4.79 Å². The topological polar surface area (TPSA) is 60.5 Å². The molecule has 0 aliphatic carbocycles. The Bertz CT molecular complexity index is 1260. The first-order chi connectivity index (χ1) is 16.5. The van der Waals surface area contributed by atoms with Gasteiger partial charge in [-0.15, -0.1) is 0 Å². The van der Waals surface area contributed by atoms with Gasteiger partial charge in [-0.2, -0.15) is 0 Å². The minimum atomic E-state index is -0.335. The Balaban J connectivity index is 1.51. The number of carbonyl (C=O) groups excluding carboxylic acids is 1. The van der Waals surface area contributed by atoms with E-state index in [2.05, 4.69) is 44.4 Å². The number of anilines is 1. The van der Waals surface area contributed by atoms with Crippen LogP contribution >= 0.6 is 38.9 Å². The molecular formula is C26H24BrClN2O3S. The Kier molecular flexibility index (Phi) is 8.43. The maximum Gasteiger partial charge on any atom is 0.305 e. The fourth-order valence-electron chi connectivity index (χ4n) is 3.48. The number of carbonyl (C=O) groups is 1. The molecule has 0 radical (unpaired) electrons. The number of nitrogens with zero attached hydrogens (tertiary/aromatic N) is 1. The number of benzene rings is 3. The molecule has 0 saturated heterocycles. The molecule has 4 aromatic rings. The average Bonchev–Trinajstić information content (AvgIpc) is 3.30. The number of ether oxygens (including phenoxy) is 2. The highest BCUT2D eigenvalue weighted by Gasteiger charge is 2.20. The van der Waals surface area contributed by atoms with E-state index in [-0.39, 0.29) is 12.1 Å². The molecule has 0 aliphatic heterocycles. The highest BCUT2D eigenvalue weighted by Crippen LogP contribution is 2.35. The summed E-state index contributed by atoms with van der Waals surface area (Å²) in [5.74, 6) is 0.593. The molecule has 0 bridgehead atoms. The molecule has 0 aliphatic rings. The molecular weight excluding hydrogens is 536 g/mol. The molecule has 4 rings (SSSR count). The van der Waals surface area contributed by atoms with Crippen LogP contribution in [0.25, 0.3) is 10.8 Å². The van der Waals surface area contributed by atoms with E-state index in [4.69, 9.17) is 21.1 Å². The SMILES string of the molecule is CCOC(=O)CCCNc1ncc(C(Oc2ccc3cc(Br)ccc3c2)c2ccc(Cl)cc2)s1. The van der Waals surface area contributed by atoms with Crippen molar-refractivity contribution in [3.05, 3.63) is 86.8 Å². The van der Waals surface area contributed by atoms with Crippen molar-refractivity contribution in [1.82, 2.24) is 4.98 Å². The predicted octanol–water partition coefficient (Wildman–Crippen LogP) is 7.64. The van der Waals surface area contributed by atoms with Crippen molar-refractivity contribution < 1.29 is 14.3 Å². The molecule has 1 atom stereocenters. The summed E-state index contributed by atoms with van der Waals surface area (Å²) in [6.45, 7) is 2.85. The van der Waals surface area contributed by atoms with E-state index >= 15 is 0 Å². The monoisotopic (exact) mass is 558 g/mol. The lowest BCUT2D eigenvalue weighted by Crippen LogP contribution is -2.08. The second kappa shape index (κ2) is 11.7. The fourth-order valence-corrected chi connectivity index (χ4v) is 4.89. The van der Waals surface area contributed by atoms with Gasteiger partial charge in [0.1, 0.15) is 5.75 Å². The van der Waals surface area contributed by atoms with Crippen LogP contribution in [0.4, 0.5) is 5.13 Å². The summed E-state index contributed by atoms with van der Waals surface area (Å²) in [5, 5.41) is 6.98. The van der Waals surface area contributed by atoms with Crippen molar-refractivity contribution in [1.29, 1.82) is 0 Å². The Labute approximate surface area is 216 Å². The molecule has 0 saturated carbocycles. The van der Waals surface area contributed by atoms with Crippen molar-refractivity contribution in [3.8, 4) is 5.75 Å². The Morgan fingerprint density at radius 1 is 1.12 bits per heavy atom. The lowest BCUT2D eigenvalue weighted by Gasteiger charge is -2.19. The Morgan fingerprint density at radius 2 is 1.88 bits per heavy atom. The van der Waals surface area contributed by atoms with Crippen LogP contribution in [0.5, 0.6) is 5.75 Å². The van der Waals surface area contributed by atoms with Crippen LogP contribution in [0.3, 0.4) is 0 Å². The van der Waals surface area contributed by atoms with Gasteiger partial charge in [0.15, 0.2) is 11.2 Å². The number of halogens is 2. The molecule has 0 amide bonds. The number of fused-ring (bicyclic) bond motifs is 1. The van der Waals surface area contributed by atoms with Crippen molar-refractivity contribution in [2.75, 3.05) is 18.5 Å². The van der Waals surface area contributed by atoms with Crippen molar-refractivity contribution in [2.45, 2.75) is 25.9 Å². The zero-order chi connectivity index (χ0) is 23.9. The Morgan fingerprint density at radius 3 is 2.68 bits per heavy atom. The van der Waals surface area contributed by atoms with Crippen LogP contribution < -0.4 is 10.1 Å². The third-order valence-corrected chi connectivity index (χ3v) is 6.87. The zero-order valence-electron chi connectivity index (χ0n) is 18.6. The van der Waals surface area contributed by atoms with Gasteiger partial charge in [0.05, 0.1) is 11.5 Å². The van der Waals surface area contributed by atoms with E-state index in [1.165, 1.54) is 11.3 Å². The zero-order valence-corrected chi connectivity index (χ0v) is 21.8. The van der Waals surface area contributed by atoms with Gasteiger partial charge in [0.25, 0.3) is 0 Å². The first-order valence-corrected chi connectivity index (χ1v) is 13.0. The van der Waals surface area contributed by atoms with Crippen LogP contribution in [-0.4, -0.2) is 24.1 Å². The minimum absolute atomic E-state index is 0.178. The smallest absolute Gasteiger partial charge is 0.305 e. The summed E-state index contributed by atoms with van der Waals surface area (Å²) in [5.41, 5.74) is 0.984. The van der Waals surface area contributed by atoms with Crippen molar-refractivity contribution in [3.63, 3.8) is 0 Å². The van der Waals surface area contributed by atoms with E-state index in [9.17, 15) is 4.79 Å². The molecule has 5 nitrogen and oxygen atoms in total. The van der Waals surface area contributed by atoms with Gasteiger partial charge in [-0.1, -0.05) is 63.1 Å². The number of nitrogens with one attached hydrogen (secondary N) is 1. The lowest BCUT2D eigenvalue weighted by molar-refractivity contribution is -0.143. The van der Waals surface area contributed by atoms with Crippen molar-refractivity contribution in [2.24, 2.45) is 0 Å². The lowest BCUT2D eigenvalue weighted by atomic mass is 10.1. The first-order valence-electron chi connectivity index (χ1n) is 11.0. The molecule has 176 valence electrons. The molecule has 0 fully saturated rings. The van der Waals surface area contributed by atoms with Gasteiger partial charge in [-0.05, 0) is 66.1 Å². The van der Waals surface area contributed by atoms with Gasteiger partial charge in [-0.25, -0.2) is 4.98 Å². The Hall–Kier alpha value is -2.61. The number of rotatable bonds is 10. The molecule has 3 aromatic carbocycles. The summed E-state index contributed by atoms with van der Waals surface area (Å²) in [7, 11) is 0. The van der Waals surface area contributed by atoms with Gasteiger partial charge in [0, 0.05) is 28.7 Å². The second-order valence-corrected chi connectivity index (χ2v) is 10.0. The van der Waals surface area contributed by atoms with E-state index in [1.807, 2.05) is 55.6 Å². The standard InChI is InChI=1S/C26H24BrClN2O3S/c1-2-32-24(31)4-3-13-29-26-30-16-23(34-26)25(17-6-10-21(28)11-7-17)33-22-12-8-18-14-20(27)9-5-19(18)15-22/h5-12,14-16,25H,2-4,13H2,1H3,(H,29,30). The van der Waals surface area contributed by atoms with Gasteiger partial charge < -0.3 is 14.8 Å². The quantitative estimate of drug-likeness (QED) is 0.160. The van der Waals surface area contributed by atoms with Gasteiger partial charge >= 0.3 is 5.97 Å². The van der Waals surface area contributed by atoms with Crippen LogP contribution in [0.15, 0.2) is 71.3 Å². The maximum absolute atomic E-state index is 11.5. The summed E-state index contributed by atoms with van der Waals surface area (Å²) in [6.07, 6.45) is 2.56. The largest absolute Gasteiger partial charge is 0.480 e. The summed E-state index contributed by atoms with van der Waals surface area (Å²) in [4.78, 5) is 17.0. The van der Waals surface area contributed by atoms with Crippen LogP contribution in [0.2, 0.25) is 5.02 Å². The molecule has 1 aromatic heterocycles. The third-order valence-electron chi connectivity index (χ3n) is 5.12. The fraction of sp³-hybridized carbons (Fsp3) is 0.231. The first kappa shape index (κ1) is 24.5. The molecule has 1 unspecified atom stereocenters. The maximum atomic E-state index is 11.5. The number of hydrogen-bond acceptors (Lipinski definition) is 6. The van der Waals surface area contributed by atoms with E-state index in [1.54, 1.807) is 0 Å². The molecule has 0 spiro atoms. The summed E-state index contributed by atoms with van der Waals surface area (Å²) >= 11 is 11.2. The summed E-state index contributed by atoms with van der Waals surface area (Å²) in [6, 6.07) is 19.9. The van der Waals surface area contributed by atoms with Crippen molar-refractivity contribution >= 4 is 60.7 Å². The minimum Gasteiger partial charge on any atom is -0.480 e. The average molecular weight is 560 g/mol. The predicted molar refractivity (Wildman–Crippen MR) is 142 cm³/mol. The number of aromatic nitrogens is 1. The second-order valence-electron chi connectivity index (χ2n) is 7.61. The summed E-state index contributed by atoms with van der Waals surface area (Å²) < 4.78 is 12.5. The van der Waals surface area contributed by atoms with Crippen LogP contribution in [-0.2, 0) is 9.53 Å². The molecule has 34 heavy (non-hydrogen) atoms. The van der Waals surface area contributed by atoms with E-state index < -0.39 is 0 Å². The molecule has 1 N–H and O–H groups in total. The van der Waals surface area contributed by atoms with E-state index in [0.717, 1.165) is 36.6 Å². The van der Waals surface area contributed by atoms with Crippen LogP contribution in [0.1, 0.15) is 36.3 Å². The number of hydrogen-bond donors (Lipinski definition) is 1. The van der Waals surface area contributed by atoms with E-state index in [0.29, 0.717) is 31.0 Å². The molecule has 8 heteroatoms. The number of esters is 1. The highest BCUT2D eigenvalue weighted by atomic mass is 79.9.